The highest BCUT2D eigenvalue weighted by Gasteiger charge is 2.12. The van der Waals surface area contributed by atoms with Crippen LogP contribution in [0.4, 0.5) is 5.13 Å². The Kier molecular flexibility index (Phi) is 4.46. The molecule has 0 bridgehead atoms. The number of aryl methyl sites for hydroxylation is 1. The summed E-state index contributed by atoms with van der Waals surface area (Å²) < 4.78 is 2.97. The molecular formula is C17H13ClN6O2S. The topological polar surface area (TPSA) is 94.7 Å². The highest BCUT2D eigenvalue weighted by atomic mass is 35.5. The molecule has 1 aromatic carbocycles. The standard InChI is InChI=1S/C17H13ClN6O2S/c1-23-15-13(6-19-17(23)26)24(9-20-15)7-14(25)22-16-21-12(8-27-16)10-2-4-11(18)5-3-10/h2-6,8-9H,7H2,1H3,(H,21,22,25). The number of halogens is 1. The molecule has 0 spiro atoms. The van der Waals surface area contributed by atoms with E-state index in [1.54, 1.807) is 23.7 Å². The van der Waals surface area contributed by atoms with E-state index in [2.05, 4.69) is 20.3 Å². The molecule has 3 heterocycles. The summed E-state index contributed by atoms with van der Waals surface area (Å²) >= 11 is 7.23. The third-order valence-corrected chi connectivity index (χ3v) is 4.97. The van der Waals surface area contributed by atoms with Crippen LogP contribution in [-0.2, 0) is 18.4 Å². The molecule has 4 rings (SSSR count). The van der Waals surface area contributed by atoms with Gasteiger partial charge in [-0.2, -0.15) is 4.98 Å². The number of anilines is 1. The molecule has 10 heteroatoms. The van der Waals surface area contributed by atoms with E-state index in [1.165, 1.54) is 28.4 Å². The molecule has 136 valence electrons. The summed E-state index contributed by atoms with van der Waals surface area (Å²) in [5, 5.41) is 5.80. The monoisotopic (exact) mass is 400 g/mol. The lowest BCUT2D eigenvalue weighted by atomic mass is 10.2. The van der Waals surface area contributed by atoms with Crippen molar-refractivity contribution >= 4 is 45.1 Å². The first-order valence-corrected chi connectivity index (χ1v) is 9.15. The van der Waals surface area contributed by atoms with Crippen LogP contribution in [0.15, 0.2) is 47.0 Å². The first kappa shape index (κ1) is 17.4. The minimum Gasteiger partial charge on any atom is -0.318 e. The average molecular weight is 401 g/mol. The van der Waals surface area contributed by atoms with Gasteiger partial charge >= 0.3 is 5.69 Å². The summed E-state index contributed by atoms with van der Waals surface area (Å²) in [4.78, 5) is 36.3. The largest absolute Gasteiger partial charge is 0.349 e. The Bertz CT molecular complexity index is 1190. The zero-order valence-electron chi connectivity index (χ0n) is 14.1. The molecule has 0 saturated heterocycles. The lowest BCUT2D eigenvalue weighted by Crippen LogP contribution is -2.21. The SMILES string of the molecule is Cn1c(=O)ncc2c1ncn2CC(=O)Nc1nc(-c2ccc(Cl)cc2)cs1. The third-order valence-electron chi connectivity index (χ3n) is 3.96. The molecule has 0 saturated carbocycles. The minimum absolute atomic E-state index is 0.0340. The van der Waals surface area contributed by atoms with Crippen molar-refractivity contribution in [3.8, 4) is 11.3 Å². The van der Waals surface area contributed by atoms with Gasteiger partial charge in [0.25, 0.3) is 0 Å². The Labute approximate surface area is 162 Å². The van der Waals surface area contributed by atoms with Crippen molar-refractivity contribution in [3.05, 3.63) is 57.7 Å². The maximum atomic E-state index is 12.4. The van der Waals surface area contributed by atoms with Gasteiger partial charge in [0.2, 0.25) is 5.91 Å². The van der Waals surface area contributed by atoms with Crippen molar-refractivity contribution in [2.45, 2.75) is 6.54 Å². The summed E-state index contributed by atoms with van der Waals surface area (Å²) in [5.41, 5.74) is 2.37. The summed E-state index contributed by atoms with van der Waals surface area (Å²) in [5.74, 6) is -0.250. The number of amides is 1. The Balaban J connectivity index is 1.50. The van der Waals surface area contributed by atoms with E-state index in [4.69, 9.17) is 11.6 Å². The lowest BCUT2D eigenvalue weighted by molar-refractivity contribution is -0.116. The number of aromatic nitrogens is 5. The number of benzene rings is 1. The fourth-order valence-electron chi connectivity index (χ4n) is 2.59. The lowest BCUT2D eigenvalue weighted by Gasteiger charge is -2.04. The zero-order chi connectivity index (χ0) is 19.0. The minimum atomic E-state index is -0.394. The fraction of sp³-hybridized carbons (Fsp3) is 0.118. The van der Waals surface area contributed by atoms with Gasteiger partial charge in [0.05, 0.1) is 18.2 Å². The third kappa shape index (κ3) is 3.46. The second-order valence-electron chi connectivity index (χ2n) is 5.77. The molecule has 1 amide bonds. The van der Waals surface area contributed by atoms with Gasteiger partial charge in [0.15, 0.2) is 10.8 Å². The number of carbonyl (C=O) groups is 1. The molecule has 8 nitrogen and oxygen atoms in total. The van der Waals surface area contributed by atoms with Crippen LogP contribution >= 0.6 is 22.9 Å². The molecule has 0 aliphatic heterocycles. The van der Waals surface area contributed by atoms with E-state index < -0.39 is 5.69 Å². The van der Waals surface area contributed by atoms with E-state index in [9.17, 15) is 9.59 Å². The van der Waals surface area contributed by atoms with E-state index in [-0.39, 0.29) is 12.5 Å². The molecule has 3 aromatic heterocycles. The molecule has 4 aromatic rings. The number of nitrogens with one attached hydrogen (secondary N) is 1. The first-order valence-electron chi connectivity index (χ1n) is 7.89. The Morgan fingerprint density at radius 2 is 2.04 bits per heavy atom. The van der Waals surface area contributed by atoms with E-state index in [0.29, 0.717) is 21.3 Å². The predicted molar refractivity (Wildman–Crippen MR) is 104 cm³/mol. The van der Waals surface area contributed by atoms with Gasteiger partial charge in [-0.25, -0.2) is 14.8 Å². The molecule has 0 radical (unpaired) electrons. The van der Waals surface area contributed by atoms with Gasteiger partial charge in [-0.3, -0.25) is 9.36 Å². The summed E-state index contributed by atoms with van der Waals surface area (Å²) in [6.45, 7) is 0.0340. The van der Waals surface area contributed by atoms with Crippen LogP contribution in [0.3, 0.4) is 0 Å². The van der Waals surface area contributed by atoms with Crippen LogP contribution in [0.2, 0.25) is 5.02 Å². The summed E-state index contributed by atoms with van der Waals surface area (Å²) in [6, 6.07) is 7.33. The molecule has 0 fully saturated rings. The Morgan fingerprint density at radius 1 is 1.26 bits per heavy atom. The molecule has 27 heavy (non-hydrogen) atoms. The molecule has 0 unspecified atom stereocenters. The van der Waals surface area contributed by atoms with Crippen LogP contribution in [0.25, 0.3) is 22.4 Å². The van der Waals surface area contributed by atoms with Crippen molar-refractivity contribution < 1.29 is 4.79 Å². The number of thiazole rings is 1. The first-order chi connectivity index (χ1) is 13.0. The van der Waals surface area contributed by atoms with Crippen molar-refractivity contribution in [2.75, 3.05) is 5.32 Å². The fourth-order valence-corrected chi connectivity index (χ4v) is 3.45. The predicted octanol–water partition coefficient (Wildman–Crippen LogP) is 2.55. The van der Waals surface area contributed by atoms with Crippen molar-refractivity contribution in [3.63, 3.8) is 0 Å². The van der Waals surface area contributed by atoms with Crippen LogP contribution < -0.4 is 11.0 Å². The Morgan fingerprint density at radius 3 is 2.81 bits per heavy atom. The van der Waals surface area contributed by atoms with E-state index in [1.807, 2.05) is 17.5 Å². The van der Waals surface area contributed by atoms with Crippen molar-refractivity contribution in [1.82, 2.24) is 24.1 Å². The van der Waals surface area contributed by atoms with Gasteiger partial charge in [-0.15, -0.1) is 11.3 Å². The summed E-state index contributed by atoms with van der Waals surface area (Å²) in [7, 11) is 1.59. The summed E-state index contributed by atoms with van der Waals surface area (Å²) in [6.07, 6.45) is 2.92. The van der Waals surface area contributed by atoms with Crippen LogP contribution in [0.5, 0.6) is 0 Å². The number of hydrogen-bond acceptors (Lipinski definition) is 6. The van der Waals surface area contributed by atoms with Gasteiger partial charge in [0.1, 0.15) is 12.1 Å². The quantitative estimate of drug-likeness (QED) is 0.568. The molecule has 0 atom stereocenters. The highest BCUT2D eigenvalue weighted by molar-refractivity contribution is 7.14. The van der Waals surface area contributed by atoms with E-state index in [0.717, 1.165) is 11.3 Å². The van der Waals surface area contributed by atoms with Crippen molar-refractivity contribution in [1.29, 1.82) is 0 Å². The number of nitrogens with zero attached hydrogens (tertiary/aromatic N) is 5. The molecule has 1 N–H and O–H groups in total. The molecule has 0 aliphatic carbocycles. The normalized spacial score (nSPS) is 11.0. The van der Waals surface area contributed by atoms with Crippen molar-refractivity contribution in [2.24, 2.45) is 7.05 Å². The maximum absolute atomic E-state index is 12.4. The highest BCUT2D eigenvalue weighted by Crippen LogP contribution is 2.26. The van der Waals surface area contributed by atoms with E-state index >= 15 is 0 Å². The average Bonchev–Trinajstić information content (AvgIpc) is 3.26. The smallest absolute Gasteiger partial charge is 0.318 e. The molecule has 0 aliphatic rings. The van der Waals surface area contributed by atoms with Crippen LogP contribution in [-0.4, -0.2) is 30.0 Å². The maximum Gasteiger partial charge on any atom is 0.349 e. The number of rotatable bonds is 4. The van der Waals surface area contributed by atoms with Gasteiger partial charge in [0, 0.05) is 23.0 Å². The van der Waals surface area contributed by atoms with Crippen LogP contribution in [0, 0.1) is 0 Å². The number of imidazole rings is 1. The number of carbonyl (C=O) groups excluding carboxylic acids is 1. The second kappa shape index (κ2) is 6.93. The van der Waals surface area contributed by atoms with Gasteiger partial charge in [-0.1, -0.05) is 23.7 Å². The second-order valence-corrected chi connectivity index (χ2v) is 7.07. The number of hydrogen-bond donors (Lipinski definition) is 1. The number of fused-ring (bicyclic) bond motifs is 1. The van der Waals surface area contributed by atoms with Crippen LogP contribution in [0.1, 0.15) is 0 Å². The Hall–Kier alpha value is -3.04. The van der Waals surface area contributed by atoms with Gasteiger partial charge < -0.3 is 9.88 Å². The zero-order valence-corrected chi connectivity index (χ0v) is 15.7. The van der Waals surface area contributed by atoms with Gasteiger partial charge in [-0.05, 0) is 12.1 Å². The molecular weight excluding hydrogens is 388 g/mol.